The Morgan fingerprint density at radius 2 is 2.14 bits per heavy atom. The van der Waals surface area contributed by atoms with Gasteiger partial charge in [0.1, 0.15) is 0 Å². The number of hydrogen-bond acceptors (Lipinski definition) is 2. The van der Waals surface area contributed by atoms with E-state index in [9.17, 15) is 0 Å². The zero-order valence-electron chi connectivity index (χ0n) is 9.84. The van der Waals surface area contributed by atoms with Gasteiger partial charge >= 0.3 is 0 Å². The molecule has 84 valence electrons. The highest BCUT2D eigenvalue weighted by molar-refractivity contribution is 4.74. The summed E-state index contributed by atoms with van der Waals surface area (Å²) in [5.41, 5.74) is 5.76. The van der Waals surface area contributed by atoms with E-state index in [-0.39, 0.29) is 0 Å². The molecule has 0 bridgehead atoms. The quantitative estimate of drug-likeness (QED) is 0.679. The molecule has 0 aromatic heterocycles. The van der Waals surface area contributed by atoms with Gasteiger partial charge in [-0.1, -0.05) is 19.8 Å². The second-order valence-corrected chi connectivity index (χ2v) is 4.91. The average molecular weight is 198 g/mol. The van der Waals surface area contributed by atoms with Crippen molar-refractivity contribution in [2.45, 2.75) is 39.0 Å². The van der Waals surface area contributed by atoms with Crippen LogP contribution in [-0.4, -0.2) is 31.6 Å². The molecular formula is C12H26N2. The van der Waals surface area contributed by atoms with Crippen LogP contribution in [0, 0.1) is 11.8 Å². The number of nitrogens with two attached hydrogens (primary N) is 1. The first-order valence-electron chi connectivity index (χ1n) is 6.14. The van der Waals surface area contributed by atoms with Crippen molar-refractivity contribution in [1.29, 1.82) is 0 Å². The molecule has 0 amide bonds. The van der Waals surface area contributed by atoms with Gasteiger partial charge in [-0.15, -0.1) is 0 Å². The molecule has 0 radical (unpaired) electrons. The number of nitrogens with zero attached hydrogens (tertiary/aromatic N) is 1. The van der Waals surface area contributed by atoms with Crippen molar-refractivity contribution in [2.24, 2.45) is 17.6 Å². The van der Waals surface area contributed by atoms with Gasteiger partial charge in [-0.3, -0.25) is 0 Å². The van der Waals surface area contributed by atoms with Gasteiger partial charge in [-0.25, -0.2) is 0 Å². The second kappa shape index (κ2) is 6.41. The molecule has 1 aliphatic carbocycles. The van der Waals surface area contributed by atoms with Gasteiger partial charge in [0.15, 0.2) is 0 Å². The topological polar surface area (TPSA) is 29.3 Å². The summed E-state index contributed by atoms with van der Waals surface area (Å²) < 4.78 is 0. The van der Waals surface area contributed by atoms with E-state index >= 15 is 0 Å². The van der Waals surface area contributed by atoms with E-state index in [0.29, 0.717) is 5.92 Å². The molecule has 0 aliphatic heterocycles. The van der Waals surface area contributed by atoms with Crippen LogP contribution in [0.15, 0.2) is 0 Å². The summed E-state index contributed by atoms with van der Waals surface area (Å²) in [6.07, 6.45) is 6.90. The summed E-state index contributed by atoms with van der Waals surface area (Å²) >= 11 is 0. The van der Waals surface area contributed by atoms with Gasteiger partial charge < -0.3 is 10.6 Å². The molecule has 0 aromatic rings. The summed E-state index contributed by atoms with van der Waals surface area (Å²) in [6.45, 7) is 5.58. The van der Waals surface area contributed by atoms with Crippen molar-refractivity contribution < 1.29 is 0 Å². The molecule has 0 saturated heterocycles. The molecular weight excluding hydrogens is 172 g/mol. The zero-order valence-corrected chi connectivity index (χ0v) is 9.84. The molecule has 1 fully saturated rings. The summed E-state index contributed by atoms with van der Waals surface area (Å²) in [5, 5.41) is 0. The van der Waals surface area contributed by atoms with Crippen LogP contribution in [0.1, 0.15) is 39.0 Å². The highest BCUT2D eigenvalue weighted by Gasteiger charge is 2.19. The lowest BCUT2D eigenvalue weighted by atomic mass is 9.85. The molecule has 1 saturated carbocycles. The number of hydrogen-bond donors (Lipinski definition) is 1. The Balaban J connectivity index is 2.12. The third-order valence-electron chi connectivity index (χ3n) is 3.39. The van der Waals surface area contributed by atoms with Crippen molar-refractivity contribution in [3.05, 3.63) is 0 Å². The Bertz CT molecular complexity index is 143. The summed E-state index contributed by atoms with van der Waals surface area (Å²) in [6, 6.07) is 0. The van der Waals surface area contributed by atoms with E-state index in [1.54, 1.807) is 0 Å². The maximum absolute atomic E-state index is 5.76. The fourth-order valence-electron chi connectivity index (χ4n) is 2.32. The molecule has 0 aromatic carbocycles. The Labute approximate surface area is 88.8 Å². The minimum absolute atomic E-state index is 0.713. The number of rotatable bonds is 7. The first kappa shape index (κ1) is 12.0. The molecule has 1 unspecified atom stereocenters. The van der Waals surface area contributed by atoms with Crippen molar-refractivity contribution in [3.63, 3.8) is 0 Å². The highest BCUT2D eigenvalue weighted by Crippen LogP contribution is 2.26. The molecule has 1 aliphatic rings. The van der Waals surface area contributed by atoms with Gasteiger partial charge in [0.2, 0.25) is 0 Å². The lowest BCUT2D eigenvalue weighted by Gasteiger charge is -2.31. The summed E-state index contributed by atoms with van der Waals surface area (Å²) in [7, 11) is 2.25. The lowest BCUT2D eigenvalue weighted by molar-refractivity contribution is 0.183. The van der Waals surface area contributed by atoms with E-state index in [4.69, 9.17) is 5.73 Å². The fourth-order valence-corrected chi connectivity index (χ4v) is 2.32. The second-order valence-electron chi connectivity index (χ2n) is 4.91. The smallest absolute Gasteiger partial charge is 0.00188 e. The van der Waals surface area contributed by atoms with Crippen molar-refractivity contribution >= 4 is 0 Å². The molecule has 1 atom stereocenters. The fraction of sp³-hybridized carbons (Fsp3) is 1.00. The van der Waals surface area contributed by atoms with E-state index in [0.717, 1.165) is 12.5 Å². The summed E-state index contributed by atoms with van der Waals surface area (Å²) in [5.74, 6) is 1.70. The maximum atomic E-state index is 5.76. The largest absolute Gasteiger partial charge is 0.330 e. The predicted octanol–water partition coefficient (Wildman–Crippen LogP) is 2.09. The normalized spacial score (nSPS) is 19.7. The Hall–Kier alpha value is -0.0800. The van der Waals surface area contributed by atoms with E-state index in [1.807, 2.05) is 0 Å². The van der Waals surface area contributed by atoms with Crippen LogP contribution in [0.2, 0.25) is 0 Å². The lowest BCUT2D eigenvalue weighted by Crippen LogP contribution is -2.35. The Morgan fingerprint density at radius 1 is 1.43 bits per heavy atom. The molecule has 2 heteroatoms. The van der Waals surface area contributed by atoms with Crippen molar-refractivity contribution in [2.75, 3.05) is 26.7 Å². The molecule has 14 heavy (non-hydrogen) atoms. The molecule has 0 heterocycles. The van der Waals surface area contributed by atoms with Crippen molar-refractivity contribution in [3.8, 4) is 0 Å². The van der Waals surface area contributed by atoms with Crippen molar-refractivity contribution in [1.82, 2.24) is 4.90 Å². The molecule has 2 N–H and O–H groups in total. The zero-order chi connectivity index (χ0) is 10.4. The van der Waals surface area contributed by atoms with E-state index in [1.165, 1.54) is 45.2 Å². The van der Waals surface area contributed by atoms with E-state index in [2.05, 4.69) is 18.9 Å². The minimum atomic E-state index is 0.713. The van der Waals surface area contributed by atoms with Crippen LogP contribution in [-0.2, 0) is 0 Å². The highest BCUT2D eigenvalue weighted by atomic mass is 15.1. The van der Waals surface area contributed by atoms with Gasteiger partial charge in [-0.2, -0.15) is 0 Å². The van der Waals surface area contributed by atoms with Gasteiger partial charge in [0.05, 0.1) is 0 Å². The van der Waals surface area contributed by atoms with Crippen LogP contribution in [0.4, 0.5) is 0 Å². The van der Waals surface area contributed by atoms with Crippen LogP contribution in [0.25, 0.3) is 0 Å². The third-order valence-corrected chi connectivity index (χ3v) is 3.39. The van der Waals surface area contributed by atoms with Crippen LogP contribution < -0.4 is 5.73 Å². The minimum Gasteiger partial charge on any atom is -0.330 e. The summed E-state index contributed by atoms with van der Waals surface area (Å²) in [4.78, 5) is 2.48. The standard InChI is InChI=1S/C12H26N2/c1-3-5-12(8-13)10-14(2)9-11-6-4-7-11/h11-12H,3-10,13H2,1-2H3. The first-order valence-corrected chi connectivity index (χ1v) is 6.14. The third kappa shape index (κ3) is 3.97. The maximum Gasteiger partial charge on any atom is 0.00188 e. The van der Waals surface area contributed by atoms with Crippen LogP contribution in [0.3, 0.4) is 0 Å². The molecule has 2 nitrogen and oxygen atoms in total. The Morgan fingerprint density at radius 3 is 2.57 bits per heavy atom. The first-order chi connectivity index (χ1) is 6.76. The van der Waals surface area contributed by atoms with E-state index < -0.39 is 0 Å². The van der Waals surface area contributed by atoms with Gasteiger partial charge in [0, 0.05) is 13.1 Å². The average Bonchev–Trinajstić information content (AvgIpc) is 2.11. The molecule has 0 spiro atoms. The van der Waals surface area contributed by atoms with Gasteiger partial charge in [0.25, 0.3) is 0 Å². The SMILES string of the molecule is CCCC(CN)CN(C)CC1CCC1. The monoisotopic (exact) mass is 198 g/mol. The molecule has 1 rings (SSSR count). The Kier molecular flexibility index (Phi) is 5.49. The predicted molar refractivity (Wildman–Crippen MR) is 62.3 cm³/mol. The van der Waals surface area contributed by atoms with Crippen LogP contribution >= 0.6 is 0 Å². The van der Waals surface area contributed by atoms with Crippen LogP contribution in [0.5, 0.6) is 0 Å². The van der Waals surface area contributed by atoms with Gasteiger partial charge in [-0.05, 0) is 44.7 Å².